The maximum absolute atomic E-state index is 12.5. The topological polar surface area (TPSA) is 45.2 Å². The number of aryl methyl sites for hydroxylation is 1. The van der Waals surface area contributed by atoms with E-state index in [-0.39, 0.29) is 5.92 Å². The highest BCUT2D eigenvalue weighted by molar-refractivity contribution is 5.78. The van der Waals surface area contributed by atoms with Crippen LogP contribution in [-0.2, 0) is 11.2 Å². The molecular weight excluding hydrogens is 286 g/mol. The molecule has 126 valence electrons. The number of amides is 1. The molecule has 1 aromatic heterocycles. The highest BCUT2D eigenvalue weighted by Gasteiger charge is 2.28. The molecule has 1 N–H and O–H groups in total. The average molecular weight is 315 g/mol. The Morgan fingerprint density at radius 2 is 2.04 bits per heavy atom. The van der Waals surface area contributed by atoms with Gasteiger partial charge in [0.1, 0.15) is 5.82 Å². The normalized spacial score (nSPS) is 18.7. The lowest BCUT2D eigenvalue weighted by molar-refractivity contribution is -0.136. The summed E-state index contributed by atoms with van der Waals surface area (Å²) in [4.78, 5) is 19.4. The third-order valence-corrected chi connectivity index (χ3v) is 5.48. The van der Waals surface area contributed by atoms with Gasteiger partial charge in [0.15, 0.2) is 0 Å². The van der Waals surface area contributed by atoms with Gasteiger partial charge in [-0.1, -0.05) is 19.9 Å². The molecule has 0 atom stereocenters. The molecule has 1 fully saturated rings. The highest BCUT2D eigenvalue weighted by atomic mass is 16.2. The smallest absolute Gasteiger partial charge is 0.225 e. The molecule has 0 radical (unpaired) electrons. The molecule has 0 aromatic carbocycles. The van der Waals surface area contributed by atoms with Crippen LogP contribution < -0.4 is 5.32 Å². The van der Waals surface area contributed by atoms with Crippen molar-refractivity contribution in [2.24, 2.45) is 5.92 Å². The van der Waals surface area contributed by atoms with Crippen LogP contribution in [0.1, 0.15) is 63.1 Å². The molecular formula is C19H29N3O. The van der Waals surface area contributed by atoms with E-state index in [0.717, 1.165) is 57.6 Å². The highest BCUT2D eigenvalue weighted by Crippen LogP contribution is 2.30. The summed E-state index contributed by atoms with van der Waals surface area (Å²) in [7, 11) is 0. The van der Waals surface area contributed by atoms with Gasteiger partial charge in [0, 0.05) is 37.2 Å². The molecule has 1 amide bonds. The average Bonchev–Trinajstić information content (AvgIpc) is 2.62. The van der Waals surface area contributed by atoms with Gasteiger partial charge in [-0.25, -0.2) is 4.98 Å². The van der Waals surface area contributed by atoms with E-state index in [4.69, 9.17) is 4.98 Å². The van der Waals surface area contributed by atoms with Crippen molar-refractivity contribution >= 4 is 11.7 Å². The predicted molar refractivity (Wildman–Crippen MR) is 93.7 cm³/mol. The summed E-state index contributed by atoms with van der Waals surface area (Å²) < 4.78 is 0. The molecule has 2 aliphatic heterocycles. The summed E-state index contributed by atoms with van der Waals surface area (Å²) in [6.45, 7) is 7.02. The largest absolute Gasteiger partial charge is 0.370 e. The van der Waals surface area contributed by atoms with E-state index in [9.17, 15) is 4.79 Å². The SMILES string of the molecule is CCC(CC)C(=O)N1CCC(c2ccc3c(n2)NCCC3)CC1. The first-order valence-corrected chi connectivity index (χ1v) is 9.25. The Morgan fingerprint density at radius 3 is 2.74 bits per heavy atom. The molecule has 0 unspecified atom stereocenters. The molecule has 23 heavy (non-hydrogen) atoms. The number of aromatic nitrogens is 1. The first-order valence-electron chi connectivity index (χ1n) is 9.25. The molecule has 1 saturated heterocycles. The summed E-state index contributed by atoms with van der Waals surface area (Å²) in [6.07, 6.45) is 6.32. The number of pyridine rings is 1. The lowest BCUT2D eigenvalue weighted by atomic mass is 9.91. The van der Waals surface area contributed by atoms with Crippen LogP contribution in [0.25, 0.3) is 0 Å². The second-order valence-electron chi connectivity index (χ2n) is 6.89. The van der Waals surface area contributed by atoms with Gasteiger partial charge in [0.25, 0.3) is 0 Å². The molecule has 0 saturated carbocycles. The molecule has 0 spiro atoms. The van der Waals surface area contributed by atoms with Crippen LogP contribution >= 0.6 is 0 Å². The van der Waals surface area contributed by atoms with E-state index >= 15 is 0 Å². The van der Waals surface area contributed by atoms with Crippen molar-refractivity contribution < 1.29 is 4.79 Å². The van der Waals surface area contributed by atoms with Crippen molar-refractivity contribution in [3.63, 3.8) is 0 Å². The minimum atomic E-state index is 0.206. The zero-order valence-corrected chi connectivity index (χ0v) is 14.5. The third-order valence-electron chi connectivity index (χ3n) is 5.48. The van der Waals surface area contributed by atoms with E-state index in [0.29, 0.717) is 11.8 Å². The molecule has 2 aliphatic rings. The van der Waals surface area contributed by atoms with E-state index in [1.807, 2.05) is 0 Å². The van der Waals surface area contributed by atoms with Gasteiger partial charge in [-0.05, 0) is 50.2 Å². The summed E-state index contributed by atoms with van der Waals surface area (Å²) in [5.74, 6) is 2.14. The molecule has 3 heterocycles. The van der Waals surface area contributed by atoms with Crippen LogP contribution in [0.15, 0.2) is 12.1 Å². The first kappa shape index (κ1) is 16.3. The number of hydrogen-bond donors (Lipinski definition) is 1. The standard InChI is InChI=1S/C19H29N3O/c1-3-14(4-2)19(23)22-12-9-15(10-13-22)17-8-7-16-6-5-11-20-18(16)21-17/h7-8,14-15H,3-6,9-13H2,1-2H3,(H,20,21). The van der Waals surface area contributed by atoms with Gasteiger partial charge in [-0.2, -0.15) is 0 Å². The number of carbonyl (C=O) groups excluding carboxylic acids is 1. The Labute approximate surface area is 139 Å². The Bertz CT molecular complexity index is 546. The summed E-state index contributed by atoms with van der Waals surface area (Å²) >= 11 is 0. The lowest BCUT2D eigenvalue weighted by Crippen LogP contribution is -2.41. The zero-order chi connectivity index (χ0) is 16.2. The van der Waals surface area contributed by atoms with Gasteiger partial charge < -0.3 is 10.2 Å². The Morgan fingerprint density at radius 1 is 1.30 bits per heavy atom. The van der Waals surface area contributed by atoms with Crippen LogP contribution in [0.3, 0.4) is 0 Å². The minimum Gasteiger partial charge on any atom is -0.370 e. The molecule has 4 nitrogen and oxygen atoms in total. The van der Waals surface area contributed by atoms with Crippen molar-refractivity contribution in [2.45, 2.75) is 58.3 Å². The van der Waals surface area contributed by atoms with E-state index in [1.165, 1.54) is 17.7 Å². The monoisotopic (exact) mass is 315 g/mol. The van der Waals surface area contributed by atoms with Crippen molar-refractivity contribution in [2.75, 3.05) is 25.0 Å². The first-order chi connectivity index (χ1) is 11.2. The fourth-order valence-electron chi connectivity index (χ4n) is 3.86. The Hall–Kier alpha value is -1.58. The molecule has 3 rings (SSSR count). The number of carbonyl (C=O) groups is 1. The van der Waals surface area contributed by atoms with Crippen molar-refractivity contribution in [3.05, 3.63) is 23.4 Å². The fourth-order valence-corrected chi connectivity index (χ4v) is 3.86. The lowest BCUT2D eigenvalue weighted by Gasteiger charge is -2.34. The summed E-state index contributed by atoms with van der Waals surface area (Å²) in [6, 6.07) is 4.44. The van der Waals surface area contributed by atoms with Crippen molar-refractivity contribution in [1.29, 1.82) is 0 Å². The number of nitrogens with one attached hydrogen (secondary N) is 1. The number of likely N-dealkylation sites (tertiary alicyclic amines) is 1. The Balaban J connectivity index is 1.62. The van der Waals surface area contributed by atoms with Gasteiger partial charge in [0.2, 0.25) is 5.91 Å². The van der Waals surface area contributed by atoms with Crippen molar-refractivity contribution in [1.82, 2.24) is 9.88 Å². The third kappa shape index (κ3) is 3.51. The minimum absolute atomic E-state index is 0.206. The predicted octanol–water partition coefficient (Wildman–Crippen LogP) is 3.58. The number of hydrogen-bond acceptors (Lipinski definition) is 3. The van der Waals surface area contributed by atoms with Crippen LogP contribution in [0.2, 0.25) is 0 Å². The number of rotatable bonds is 4. The van der Waals surface area contributed by atoms with Gasteiger partial charge in [-0.15, -0.1) is 0 Å². The molecule has 0 aliphatic carbocycles. The fraction of sp³-hybridized carbons (Fsp3) is 0.684. The van der Waals surface area contributed by atoms with Crippen LogP contribution in [0, 0.1) is 5.92 Å². The van der Waals surface area contributed by atoms with Gasteiger partial charge in [-0.3, -0.25) is 4.79 Å². The van der Waals surface area contributed by atoms with Crippen molar-refractivity contribution in [3.8, 4) is 0 Å². The van der Waals surface area contributed by atoms with E-state index in [1.54, 1.807) is 0 Å². The van der Waals surface area contributed by atoms with Crippen LogP contribution in [-0.4, -0.2) is 35.4 Å². The van der Waals surface area contributed by atoms with Gasteiger partial charge in [0.05, 0.1) is 0 Å². The summed E-state index contributed by atoms with van der Waals surface area (Å²) in [5.41, 5.74) is 2.55. The number of piperidine rings is 1. The van der Waals surface area contributed by atoms with E-state index in [2.05, 4.69) is 36.2 Å². The summed E-state index contributed by atoms with van der Waals surface area (Å²) in [5, 5.41) is 3.42. The van der Waals surface area contributed by atoms with E-state index < -0.39 is 0 Å². The Kier molecular flexibility index (Phi) is 5.19. The quantitative estimate of drug-likeness (QED) is 0.923. The molecule has 0 bridgehead atoms. The van der Waals surface area contributed by atoms with Gasteiger partial charge >= 0.3 is 0 Å². The zero-order valence-electron chi connectivity index (χ0n) is 14.5. The van der Waals surface area contributed by atoms with Crippen LogP contribution in [0.5, 0.6) is 0 Å². The van der Waals surface area contributed by atoms with Crippen LogP contribution in [0.4, 0.5) is 5.82 Å². The number of anilines is 1. The maximum atomic E-state index is 12.5. The number of fused-ring (bicyclic) bond motifs is 1. The molecule has 4 heteroatoms. The molecule has 1 aromatic rings. The maximum Gasteiger partial charge on any atom is 0.225 e. The second kappa shape index (κ2) is 7.33. The second-order valence-corrected chi connectivity index (χ2v) is 6.89. The number of nitrogens with zero attached hydrogens (tertiary/aromatic N) is 2.